The molecule has 2 saturated heterocycles. The van der Waals surface area contributed by atoms with Crippen molar-refractivity contribution in [3.8, 4) is 0 Å². The lowest BCUT2D eigenvalue weighted by Gasteiger charge is -2.32. The minimum absolute atomic E-state index is 0.327. The zero-order valence-corrected chi connectivity index (χ0v) is 19.4. The predicted molar refractivity (Wildman–Crippen MR) is 129 cm³/mol. The van der Waals surface area contributed by atoms with Gasteiger partial charge in [-0.15, -0.1) is 0 Å². The molecule has 2 fully saturated rings. The number of aromatic nitrogens is 2. The smallest absolute Gasteiger partial charge is 0.222 e. The molecule has 0 saturated carbocycles. The quantitative estimate of drug-likeness (QED) is 0.671. The SMILES string of the molecule is Cc1cc(Nc2ccccn2)cc(C2CCN(C(=O)CCCN3CCCCCC3)CC2)n1. The normalized spacial score (nSPS) is 18.3. The van der Waals surface area contributed by atoms with Crippen molar-refractivity contribution in [3.63, 3.8) is 0 Å². The topological polar surface area (TPSA) is 61.4 Å². The molecule has 0 unspecified atom stereocenters. The first-order chi connectivity index (χ1) is 15.7. The number of nitrogens with one attached hydrogen (secondary N) is 1. The summed E-state index contributed by atoms with van der Waals surface area (Å²) in [6, 6.07) is 10.1. The fourth-order valence-electron chi connectivity index (χ4n) is 4.96. The Morgan fingerprint density at radius 1 is 1.06 bits per heavy atom. The predicted octanol–water partition coefficient (Wildman–Crippen LogP) is 4.89. The van der Waals surface area contributed by atoms with Crippen LogP contribution in [-0.4, -0.2) is 58.4 Å². The number of rotatable bonds is 7. The third-order valence-corrected chi connectivity index (χ3v) is 6.74. The van der Waals surface area contributed by atoms with Crippen LogP contribution < -0.4 is 5.32 Å². The number of hydrogen-bond donors (Lipinski definition) is 1. The van der Waals surface area contributed by atoms with E-state index in [2.05, 4.69) is 32.2 Å². The van der Waals surface area contributed by atoms with Crippen molar-refractivity contribution < 1.29 is 4.79 Å². The lowest BCUT2D eigenvalue weighted by Crippen LogP contribution is -2.38. The third-order valence-electron chi connectivity index (χ3n) is 6.74. The molecule has 2 aromatic rings. The molecule has 2 aromatic heterocycles. The number of amides is 1. The van der Waals surface area contributed by atoms with E-state index in [-0.39, 0.29) is 0 Å². The Morgan fingerprint density at radius 3 is 2.56 bits per heavy atom. The molecule has 32 heavy (non-hydrogen) atoms. The Morgan fingerprint density at radius 2 is 1.84 bits per heavy atom. The van der Waals surface area contributed by atoms with Crippen LogP contribution in [0, 0.1) is 6.92 Å². The molecule has 4 rings (SSSR count). The molecule has 0 radical (unpaired) electrons. The molecule has 6 nitrogen and oxygen atoms in total. The van der Waals surface area contributed by atoms with Gasteiger partial charge in [0.15, 0.2) is 0 Å². The van der Waals surface area contributed by atoms with Crippen molar-refractivity contribution in [2.24, 2.45) is 0 Å². The fraction of sp³-hybridized carbons (Fsp3) is 0.577. The monoisotopic (exact) mass is 435 g/mol. The van der Waals surface area contributed by atoms with Gasteiger partial charge in [-0.25, -0.2) is 4.98 Å². The van der Waals surface area contributed by atoms with E-state index in [9.17, 15) is 4.79 Å². The van der Waals surface area contributed by atoms with Gasteiger partial charge in [0.1, 0.15) is 5.82 Å². The van der Waals surface area contributed by atoms with Crippen LogP contribution >= 0.6 is 0 Å². The van der Waals surface area contributed by atoms with Crippen molar-refractivity contribution in [3.05, 3.63) is 47.9 Å². The summed E-state index contributed by atoms with van der Waals surface area (Å²) < 4.78 is 0. The molecule has 2 aliphatic rings. The summed E-state index contributed by atoms with van der Waals surface area (Å²) in [5.74, 6) is 1.57. The number of pyridine rings is 2. The molecule has 1 amide bonds. The minimum atomic E-state index is 0.327. The summed E-state index contributed by atoms with van der Waals surface area (Å²) in [6.07, 6.45) is 10.8. The Hall–Kier alpha value is -2.47. The molecule has 0 atom stereocenters. The van der Waals surface area contributed by atoms with Gasteiger partial charge in [0, 0.05) is 48.7 Å². The number of carbonyl (C=O) groups excluding carboxylic acids is 1. The second kappa shape index (κ2) is 11.4. The number of aryl methyl sites for hydroxylation is 1. The largest absolute Gasteiger partial charge is 0.343 e. The van der Waals surface area contributed by atoms with Crippen LogP contribution in [0.15, 0.2) is 36.5 Å². The molecule has 6 heteroatoms. The van der Waals surface area contributed by atoms with E-state index >= 15 is 0 Å². The van der Waals surface area contributed by atoms with E-state index in [1.165, 1.54) is 38.8 Å². The highest BCUT2D eigenvalue weighted by molar-refractivity contribution is 5.76. The first-order valence-corrected chi connectivity index (χ1v) is 12.3. The second-order valence-electron chi connectivity index (χ2n) is 9.28. The Kier molecular flexibility index (Phi) is 8.10. The van der Waals surface area contributed by atoms with Gasteiger partial charge < -0.3 is 15.1 Å². The van der Waals surface area contributed by atoms with Crippen LogP contribution in [0.1, 0.15) is 68.7 Å². The van der Waals surface area contributed by atoms with Crippen molar-refractivity contribution >= 4 is 17.4 Å². The summed E-state index contributed by atoms with van der Waals surface area (Å²) >= 11 is 0. The Bertz CT molecular complexity index is 856. The lowest BCUT2D eigenvalue weighted by atomic mass is 9.92. The highest BCUT2D eigenvalue weighted by Gasteiger charge is 2.25. The molecule has 0 bridgehead atoms. The number of anilines is 2. The molecule has 1 N–H and O–H groups in total. The van der Waals surface area contributed by atoms with Crippen molar-refractivity contribution in [2.45, 2.75) is 64.2 Å². The maximum atomic E-state index is 12.7. The summed E-state index contributed by atoms with van der Waals surface area (Å²) in [5, 5.41) is 3.39. The van der Waals surface area contributed by atoms with Gasteiger partial charge in [0.2, 0.25) is 5.91 Å². The van der Waals surface area contributed by atoms with Gasteiger partial charge in [-0.3, -0.25) is 9.78 Å². The number of carbonyl (C=O) groups is 1. The zero-order chi connectivity index (χ0) is 22.2. The number of nitrogens with zero attached hydrogens (tertiary/aromatic N) is 4. The van der Waals surface area contributed by atoms with Gasteiger partial charge in [0.05, 0.1) is 0 Å². The first-order valence-electron chi connectivity index (χ1n) is 12.3. The van der Waals surface area contributed by atoms with Crippen molar-refractivity contribution in [1.29, 1.82) is 0 Å². The van der Waals surface area contributed by atoms with Crippen molar-refractivity contribution in [1.82, 2.24) is 19.8 Å². The van der Waals surface area contributed by atoms with Crippen LogP contribution in [-0.2, 0) is 4.79 Å². The molecule has 0 aromatic carbocycles. The number of likely N-dealkylation sites (tertiary alicyclic amines) is 2. The van der Waals surface area contributed by atoms with Gasteiger partial charge in [0.25, 0.3) is 0 Å². The maximum Gasteiger partial charge on any atom is 0.222 e. The van der Waals surface area contributed by atoms with Gasteiger partial charge in [-0.1, -0.05) is 18.9 Å². The molecule has 0 spiro atoms. The van der Waals surface area contributed by atoms with E-state index in [4.69, 9.17) is 4.98 Å². The zero-order valence-electron chi connectivity index (χ0n) is 19.4. The average molecular weight is 436 g/mol. The van der Waals surface area contributed by atoms with E-state index in [1.807, 2.05) is 25.1 Å². The fourth-order valence-corrected chi connectivity index (χ4v) is 4.96. The summed E-state index contributed by atoms with van der Waals surface area (Å²) in [6.45, 7) is 7.20. The highest BCUT2D eigenvalue weighted by Crippen LogP contribution is 2.29. The third kappa shape index (κ3) is 6.52. The standard InChI is InChI=1S/C26H37N5O/c1-21-19-23(29-25-9-4-5-13-27-25)20-24(28-21)22-11-17-31(18-12-22)26(32)10-8-16-30-14-6-2-3-7-15-30/h4-5,9,13,19-20,22H,2-3,6-8,10-12,14-18H2,1H3,(H,27,28,29). The highest BCUT2D eigenvalue weighted by atomic mass is 16.2. The van der Waals surface area contributed by atoms with Crippen LogP contribution in [0.4, 0.5) is 11.5 Å². The van der Waals surface area contributed by atoms with E-state index < -0.39 is 0 Å². The summed E-state index contributed by atoms with van der Waals surface area (Å²) in [4.78, 5) is 26.5. The van der Waals surface area contributed by atoms with Crippen LogP contribution in [0.3, 0.4) is 0 Å². The van der Waals surface area contributed by atoms with Crippen LogP contribution in [0.25, 0.3) is 0 Å². The number of piperidine rings is 1. The van der Waals surface area contributed by atoms with Crippen molar-refractivity contribution in [2.75, 3.05) is 38.0 Å². The first kappa shape index (κ1) is 22.7. The molecule has 0 aliphatic carbocycles. The Balaban J connectivity index is 1.25. The van der Waals surface area contributed by atoms with Crippen LogP contribution in [0.5, 0.6) is 0 Å². The van der Waals surface area contributed by atoms with E-state index in [0.29, 0.717) is 18.2 Å². The number of hydrogen-bond acceptors (Lipinski definition) is 5. The molecular weight excluding hydrogens is 398 g/mol. The van der Waals surface area contributed by atoms with Crippen LogP contribution in [0.2, 0.25) is 0 Å². The molecule has 4 heterocycles. The van der Waals surface area contributed by atoms with E-state index in [1.54, 1.807) is 6.20 Å². The lowest BCUT2D eigenvalue weighted by molar-refractivity contribution is -0.132. The summed E-state index contributed by atoms with van der Waals surface area (Å²) in [5.41, 5.74) is 3.16. The minimum Gasteiger partial charge on any atom is -0.343 e. The average Bonchev–Trinajstić information content (AvgIpc) is 3.08. The molecule has 172 valence electrons. The Labute approximate surface area is 192 Å². The molecule has 2 aliphatic heterocycles. The second-order valence-corrected chi connectivity index (χ2v) is 9.28. The van der Waals surface area contributed by atoms with Gasteiger partial charge in [-0.05, 0) is 82.9 Å². The summed E-state index contributed by atoms with van der Waals surface area (Å²) in [7, 11) is 0. The van der Waals surface area contributed by atoms with Gasteiger partial charge >= 0.3 is 0 Å². The maximum absolute atomic E-state index is 12.7. The molecular formula is C26H37N5O. The van der Waals surface area contributed by atoms with Gasteiger partial charge in [-0.2, -0.15) is 0 Å². The van der Waals surface area contributed by atoms with E-state index in [0.717, 1.165) is 61.8 Å².